The van der Waals surface area contributed by atoms with Crippen molar-refractivity contribution in [2.75, 3.05) is 0 Å². The Bertz CT molecular complexity index is 756. The number of hydrogen-bond donors (Lipinski definition) is 1. The Balaban J connectivity index is 1.69. The summed E-state index contributed by atoms with van der Waals surface area (Å²) in [6.45, 7) is 2.23. The van der Waals surface area contributed by atoms with Crippen molar-refractivity contribution in [3.05, 3.63) is 53.6 Å². The summed E-state index contributed by atoms with van der Waals surface area (Å²) >= 11 is 0. The lowest BCUT2D eigenvalue weighted by molar-refractivity contribution is -0.137. The van der Waals surface area contributed by atoms with Crippen molar-refractivity contribution < 1.29 is 18.3 Å². The molecule has 1 N–H and O–H groups in total. The minimum Gasteiger partial charge on any atom is -0.508 e. The molecular weight excluding hydrogens is 361 g/mol. The highest BCUT2D eigenvalue weighted by Gasteiger charge is 2.34. The smallest absolute Gasteiger partial charge is 0.417 e. The highest BCUT2D eigenvalue weighted by Crippen LogP contribution is 2.41. The SMILES string of the molecule is CCCCCC1CCC(c2ccc(-c3ccc(O)cc3C(F)(F)F)cc2)CC1. The maximum absolute atomic E-state index is 13.3. The number of rotatable bonds is 6. The van der Waals surface area contributed by atoms with Crippen LogP contribution in [0.3, 0.4) is 0 Å². The topological polar surface area (TPSA) is 20.2 Å². The maximum atomic E-state index is 13.3. The van der Waals surface area contributed by atoms with Crippen LogP contribution in [0.5, 0.6) is 5.75 Å². The van der Waals surface area contributed by atoms with E-state index in [0.717, 1.165) is 12.0 Å². The zero-order chi connectivity index (χ0) is 20.1. The number of halogens is 3. The zero-order valence-electron chi connectivity index (χ0n) is 16.4. The van der Waals surface area contributed by atoms with Crippen molar-refractivity contribution in [1.82, 2.24) is 0 Å². The van der Waals surface area contributed by atoms with E-state index in [2.05, 4.69) is 6.92 Å². The van der Waals surface area contributed by atoms with E-state index in [1.165, 1.54) is 69.1 Å². The van der Waals surface area contributed by atoms with Gasteiger partial charge >= 0.3 is 6.18 Å². The van der Waals surface area contributed by atoms with E-state index in [9.17, 15) is 18.3 Å². The Morgan fingerprint density at radius 1 is 0.929 bits per heavy atom. The summed E-state index contributed by atoms with van der Waals surface area (Å²) < 4.78 is 40.0. The Hall–Kier alpha value is -1.97. The van der Waals surface area contributed by atoms with Gasteiger partial charge in [0.1, 0.15) is 5.75 Å². The number of phenolic OH excluding ortho intramolecular Hbond substituents is 1. The van der Waals surface area contributed by atoms with Crippen LogP contribution in [0.4, 0.5) is 13.2 Å². The molecule has 2 aromatic carbocycles. The molecule has 0 bridgehead atoms. The molecule has 0 aliphatic heterocycles. The third-order valence-corrected chi connectivity index (χ3v) is 6.06. The molecule has 1 nitrogen and oxygen atoms in total. The van der Waals surface area contributed by atoms with Crippen molar-refractivity contribution in [2.45, 2.75) is 70.4 Å². The number of phenols is 1. The van der Waals surface area contributed by atoms with Gasteiger partial charge in [0.15, 0.2) is 0 Å². The number of benzene rings is 2. The van der Waals surface area contributed by atoms with E-state index < -0.39 is 11.7 Å². The molecule has 152 valence electrons. The standard InChI is InChI=1S/C24H29F3O/c1-2-3-4-5-17-6-8-18(9-7-17)19-10-12-20(13-11-19)22-15-14-21(28)16-23(22)24(25,26)27/h10-18,28H,2-9H2,1H3. The second-order valence-electron chi connectivity index (χ2n) is 8.06. The van der Waals surface area contributed by atoms with Gasteiger partial charge in [0.2, 0.25) is 0 Å². The largest absolute Gasteiger partial charge is 0.508 e. The van der Waals surface area contributed by atoms with E-state index in [4.69, 9.17) is 0 Å². The summed E-state index contributed by atoms with van der Waals surface area (Å²) in [5, 5.41) is 9.45. The minimum absolute atomic E-state index is 0.108. The van der Waals surface area contributed by atoms with Gasteiger partial charge in [-0.25, -0.2) is 0 Å². The number of unbranched alkanes of at least 4 members (excludes halogenated alkanes) is 2. The Morgan fingerprint density at radius 2 is 1.61 bits per heavy atom. The lowest BCUT2D eigenvalue weighted by Crippen LogP contribution is -2.13. The summed E-state index contributed by atoms with van der Waals surface area (Å²) in [5.41, 5.74) is 1.07. The van der Waals surface area contributed by atoms with Gasteiger partial charge in [-0.15, -0.1) is 0 Å². The van der Waals surface area contributed by atoms with E-state index in [-0.39, 0.29) is 11.3 Å². The number of hydrogen-bond acceptors (Lipinski definition) is 1. The molecule has 1 fully saturated rings. The molecule has 2 aromatic rings. The van der Waals surface area contributed by atoms with Crippen LogP contribution >= 0.6 is 0 Å². The van der Waals surface area contributed by atoms with Crippen LogP contribution in [0.1, 0.15) is 75.3 Å². The van der Waals surface area contributed by atoms with Gasteiger partial charge in [-0.1, -0.05) is 62.9 Å². The fourth-order valence-corrected chi connectivity index (χ4v) is 4.42. The first-order chi connectivity index (χ1) is 13.4. The van der Waals surface area contributed by atoms with Gasteiger partial charge in [0, 0.05) is 0 Å². The highest BCUT2D eigenvalue weighted by atomic mass is 19.4. The van der Waals surface area contributed by atoms with Gasteiger partial charge < -0.3 is 5.11 Å². The fourth-order valence-electron chi connectivity index (χ4n) is 4.42. The van der Waals surface area contributed by atoms with E-state index >= 15 is 0 Å². The van der Waals surface area contributed by atoms with Gasteiger partial charge in [-0.2, -0.15) is 13.2 Å². The second kappa shape index (κ2) is 9.02. The van der Waals surface area contributed by atoms with Crippen molar-refractivity contribution in [3.63, 3.8) is 0 Å². The van der Waals surface area contributed by atoms with Gasteiger partial charge in [-0.05, 0) is 66.3 Å². The van der Waals surface area contributed by atoms with E-state index in [0.29, 0.717) is 11.5 Å². The van der Waals surface area contributed by atoms with Gasteiger partial charge in [-0.3, -0.25) is 0 Å². The average molecular weight is 390 g/mol. The zero-order valence-corrected chi connectivity index (χ0v) is 16.4. The summed E-state index contributed by atoms with van der Waals surface area (Å²) in [7, 11) is 0. The monoisotopic (exact) mass is 390 g/mol. The maximum Gasteiger partial charge on any atom is 0.417 e. The van der Waals surface area contributed by atoms with Crippen LogP contribution in [0.25, 0.3) is 11.1 Å². The predicted octanol–water partition coefficient (Wildman–Crippen LogP) is 7.93. The first-order valence-corrected chi connectivity index (χ1v) is 10.4. The molecule has 28 heavy (non-hydrogen) atoms. The molecule has 4 heteroatoms. The van der Waals surface area contributed by atoms with Crippen LogP contribution in [0.2, 0.25) is 0 Å². The van der Waals surface area contributed by atoms with Gasteiger partial charge in [0.05, 0.1) is 5.56 Å². The molecule has 0 atom stereocenters. The number of alkyl halides is 3. The third kappa shape index (κ3) is 5.09. The molecule has 3 rings (SSSR count). The van der Waals surface area contributed by atoms with E-state index in [1.807, 2.05) is 12.1 Å². The molecule has 0 unspecified atom stereocenters. The quantitative estimate of drug-likeness (QED) is 0.496. The summed E-state index contributed by atoms with van der Waals surface area (Å²) in [6.07, 6.45) is 5.60. The summed E-state index contributed by atoms with van der Waals surface area (Å²) in [5.74, 6) is 0.982. The van der Waals surface area contributed by atoms with Crippen LogP contribution < -0.4 is 0 Å². The lowest BCUT2D eigenvalue weighted by atomic mass is 9.77. The predicted molar refractivity (Wildman–Crippen MR) is 107 cm³/mol. The van der Waals surface area contributed by atoms with Crippen molar-refractivity contribution >= 4 is 0 Å². The lowest BCUT2D eigenvalue weighted by Gasteiger charge is -2.29. The molecule has 1 aliphatic rings. The number of aromatic hydroxyl groups is 1. The Labute approximate surface area is 165 Å². The highest BCUT2D eigenvalue weighted by molar-refractivity contribution is 5.69. The molecular formula is C24H29F3O. The van der Waals surface area contributed by atoms with Crippen LogP contribution in [-0.2, 0) is 6.18 Å². The minimum atomic E-state index is -4.50. The van der Waals surface area contributed by atoms with Crippen molar-refractivity contribution in [1.29, 1.82) is 0 Å². The molecule has 0 radical (unpaired) electrons. The van der Waals surface area contributed by atoms with E-state index in [1.54, 1.807) is 12.1 Å². The van der Waals surface area contributed by atoms with Gasteiger partial charge in [0.25, 0.3) is 0 Å². The van der Waals surface area contributed by atoms with Crippen LogP contribution in [-0.4, -0.2) is 5.11 Å². The van der Waals surface area contributed by atoms with Crippen LogP contribution in [0, 0.1) is 5.92 Å². The van der Waals surface area contributed by atoms with Crippen LogP contribution in [0.15, 0.2) is 42.5 Å². The molecule has 1 aliphatic carbocycles. The summed E-state index contributed by atoms with van der Waals surface area (Å²) in [4.78, 5) is 0. The first-order valence-electron chi connectivity index (χ1n) is 10.4. The second-order valence-corrected chi connectivity index (χ2v) is 8.06. The normalized spacial score (nSPS) is 20.3. The van der Waals surface area contributed by atoms with Crippen molar-refractivity contribution in [2.24, 2.45) is 5.92 Å². The molecule has 1 saturated carbocycles. The molecule has 0 spiro atoms. The summed E-state index contributed by atoms with van der Waals surface area (Å²) in [6, 6.07) is 11.0. The molecule has 0 saturated heterocycles. The average Bonchev–Trinajstić information content (AvgIpc) is 2.68. The molecule has 0 heterocycles. The Kier molecular flexibility index (Phi) is 6.69. The molecule has 0 aromatic heterocycles. The fraction of sp³-hybridized carbons (Fsp3) is 0.500. The Morgan fingerprint density at radius 3 is 2.21 bits per heavy atom. The van der Waals surface area contributed by atoms with Crippen molar-refractivity contribution in [3.8, 4) is 16.9 Å². The first kappa shape index (κ1) is 20.8. The third-order valence-electron chi connectivity index (χ3n) is 6.06. The molecule has 0 amide bonds.